The van der Waals surface area contributed by atoms with Crippen molar-refractivity contribution in [1.82, 2.24) is 4.98 Å². The van der Waals surface area contributed by atoms with Gasteiger partial charge in [-0.05, 0) is 73.9 Å². The number of rotatable bonds is 6. The Balaban J connectivity index is 0.000000682. The normalized spacial score (nSPS) is 13.8. The van der Waals surface area contributed by atoms with Crippen LogP contribution >= 0.6 is 30.5 Å². The molecule has 1 aromatic heterocycles. The summed E-state index contributed by atoms with van der Waals surface area (Å²) in [5.74, 6) is 1.37. The number of piperidine rings is 1. The minimum Gasteiger partial charge on any atom is -0.416 e. The predicted molar refractivity (Wildman–Crippen MR) is 163 cm³/mol. The molecule has 11 heteroatoms. The molecule has 5 aromatic rings. The summed E-state index contributed by atoms with van der Waals surface area (Å²) in [6, 6.07) is 37.8. The molecule has 1 aliphatic rings. The first kappa shape index (κ1) is 31.5. The Labute approximate surface area is 263 Å². The van der Waals surface area contributed by atoms with Gasteiger partial charge in [0.15, 0.2) is 7.26 Å². The fraction of sp³-hybridized carbons (Fsp3) is 0.156. The summed E-state index contributed by atoms with van der Waals surface area (Å²) in [7, 11) is -7.39. The fourth-order valence-electron chi connectivity index (χ4n) is 5.37. The minimum atomic E-state index is -4.94. The molecular weight excluding hydrogens is 630 g/mol. The average Bonchev–Trinajstić information content (AvgIpc) is 3.44. The summed E-state index contributed by atoms with van der Waals surface area (Å²) in [4.78, 5) is 7.74. The predicted octanol–water partition coefficient (Wildman–Crippen LogP) is 2.50. The van der Waals surface area contributed by atoms with Gasteiger partial charge in [-0.3, -0.25) is 0 Å². The number of benzene rings is 4. The third-order valence-electron chi connectivity index (χ3n) is 7.15. The highest BCUT2D eigenvalue weighted by molar-refractivity contribution is 8.01. The third kappa shape index (κ3) is 7.23. The number of hydrogen-bond donors (Lipinski definition) is 0. The lowest BCUT2D eigenvalue weighted by Gasteiger charge is -2.30. The number of anilines is 1. The van der Waals surface area contributed by atoms with E-state index in [1.54, 1.807) is 6.07 Å². The lowest BCUT2D eigenvalue weighted by Crippen LogP contribution is -2.68. The topological polar surface area (TPSA) is 122 Å². The lowest BCUT2D eigenvalue weighted by atomic mass is 10.1. The molecule has 0 saturated carbocycles. The van der Waals surface area contributed by atoms with Crippen LogP contribution in [0.3, 0.4) is 0 Å². The third-order valence-corrected chi connectivity index (χ3v) is 11.8. The Hall–Kier alpha value is -2.97. The second-order valence-electron chi connectivity index (χ2n) is 9.88. The molecule has 43 heavy (non-hydrogen) atoms. The zero-order valence-corrected chi connectivity index (χ0v) is 26.1. The van der Waals surface area contributed by atoms with Crippen molar-refractivity contribution in [2.45, 2.75) is 19.3 Å². The Bertz CT molecular complexity index is 1530. The standard InChI is InChI=1S/C32H28Cl2N2OP.ClHO4/c33-24-19-20-28(29(34)23-24)30-35-31(32(37-30)36-21-11-4-12-22-36)38(25-13-5-1-6-14-25,26-15-7-2-8-16-26)27-17-9-3-10-18-27;2-1(3,4)5/h1-3,5-10,13-20,23H,4,11-12,21-22H2;(H,2,3,4,5)/q+1;/p-1. The van der Waals surface area contributed by atoms with Crippen molar-refractivity contribution in [3.05, 3.63) is 119 Å². The van der Waals surface area contributed by atoms with E-state index in [0.717, 1.165) is 42.8 Å². The van der Waals surface area contributed by atoms with E-state index in [0.29, 0.717) is 15.9 Å². The van der Waals surface area contributed by atoms with Gasteiger partial charge in [-0.25, -0.2) is 18.6 Å². The maximum atomic E-state index is 8.49. The van der Waals surface area contributed by atoms with Gasteiger partial charge in [0.25, 0.3) is 11.3 Å². The number of nitrogens with zero attached hydrogens (tertiary/aromatic N) is 2. The van der Waals surface area contributed by atoms with E-state index in [2.05, 4.69) is 95.9 Å². The highest BCUT2D eigenvalue weighted by Gasteiger charge is 2.53. The van der Waals surface area contributed by atoms with Crippen LogP contribution in [0.25, 0.3) is 11.5 Å². The van der Waals surface area contributed by atoms with Crippen molar-refractivity contribution < 1.29 is 33.3 Å². The van der Waals surface area contributed by atoms with Gasteiger partial charge in [-0.1, -0.05) is 77.8 Å². The highest BCUT2D eigenvalue weighted by atomic mass is 35.7. The summed E-state index contributed by atoms with van der Waals surface area (Å²) in [5.41, 5.74) is 1.72. The Kier molecular flexibility index (Phi) is 10.1. The van der Waals surface area contributed by atoms with Crippen LogP contribution in [0.4, 0.5) is 5.88 Å². The number of aromatic nitrogens is 1. The molecule has 7 nitrogen and oxygen atoms in total. The van der Waals surface area contributed by atoms with E-state index in [1.165, 1.54) is 22.3 Å². The van der Waals surface area contributed by atoms with E-state index >= 15 is 0 Å². The molecule has 0 radical (unpaired) electrons. The van der Waals surface area contributed by atoms with E-state index in [4.69, 9.17) is 51.2 Å². The number of hydrogen-bond acceptors (Lipinski definition) is 7. The summed E-state index contributed by atoms with van der Waals surface area (Å²) >= 11 is 12.9. The molecule has 0 spiro atoms. The van der Waals surface area contributed by atoms with Crippen molar-refractivity contribution >= 4 is 57.7 Å². The van der Waals surface area contributed by atoms with Crippen LogP contribution in [0.1, 0.15) is 19.3 Å². The minimum absolute atomic E-state index is 0.523. The van der Waals surface area contributed by atoms with Gasteiger partial charge in [0.1, 0.15) is 15.9 Å². The molecular formula is C32H28Cl3N2O5P. The molecule has 2 heterocycles. The van der Waals surface area contributed by atoms with Gasteiger partial charge in [-0.2, -0.15) is 4.98 Å². The largest absolute Gasteiger partial charge is 0.416 e. The second kappa shape index (κ2) is 13.8. The van der Waals surface area contributed by atoms with Crippen LogP contribution in [0.2, 0.25) is 10.0 Å². The van der Waals surface area contributed by atoms with Crippen molar-refractivity contribution in [3.63, 3.8) is 0 Å². The molecule has 0 unspecified atom stereocenters. The van der Waals surface area contributed by atoms with Gasteiger partial charge < -0.3 is 9.32 Å². The van der Waals surface area contributed by atoms with Crippen LogP contribution in [-0.2, 0) is 0 Å². The van der Waals surface area contributed by atoms with Gasteiger partial charge >= 0.3 is 0 Å². The number of halogens is 3. The molecule has 0 amide bonds. The first-order valence-electron chi connectivity index (χ1n) is 13.6. The van der Waals surface area contributed by atoms with Crippen molar-refractivity contribution in [2.75, 3.05) is 18.0 Å². The summed E-state index contributed by atoms with van der Waals surface area (Å²) in [6.07, 6.45) is 3.49. The van der Waals surface area contributed by atoms with Crippen LogP contribution in [-0.4, -0.2) is 18.1 Å². The van der Waals surface area contributed by atoms with Gasteiger partial charge in [0, 0.05) is 18.1 Å². The van der Waals surface area contributed by atoms with Crippen LogP contribution < -0.4 is 44.9 Å². The fourth-order valence-corrected chi connectivity index (χ4v) is 10.1. The monoisotopic (exact) mass is 656 g/mol. The molecule has 1 aliphatic heterocycles. The zero-order valence-electron chi connectivity index (χ0n) is 22.9. The Morgan fingerprint density at radius 1 is 0.674 bits per heavy atom. The van der Waals surface area contributed by atoms with Gasteiger partial charge in [0.05, 0.1) is 10.6 Å². The maximum Gasteiger partial charge on any atom is 0.262 e. The Morgan fingerprint density at radius 2 is 1.14 bits per heavy atom. The van der Waals surface area contributed by atoms with Crippen LogP contribution in [0.5, 0.6) is 0 Å². The van der Waals surface area contributed by atoms with E-state index in [9.17, 15) is 0 Å². The lowest BCUT2D eigenvalue weighted by molar-refractivity contribution is -2.00. The zero-order chi connectivity index (χ0) is 30.5. The smallest absolute Gasteiger partial charge is 0.262 e. The summed E-state index contributed by atoms with van der Waals surface area (Å²) < 4.78 is 40.7. The number of oxazole rings is 1. The van der Waals surface area contributed by atoms with Gasteiger partial charge in [-0.15, -0.1) is 10.2 Å². The van der Waals surface area contributed by atoms with Crippen molar-refractivity contribution in [3.8, 4) is 11.5 Å². The Morgan fingerprint density at radius 3 is 1.58 bits per heavy atom. The van der Waals surface area contributed by atoms with E-state index in [1.807, 2.05) is 12.1 Å². The molecule has 0 atom stereocenters. The van der Waals surface area contributed by atoms with E-state index < -0.39 is 17.5 Å². The first-order chi connectivity index (χ1) is 20.7. The van der Waals surface area contributed by atoms with E-state index in [-0.39, 0.29) is 0 Å². The maximum absolute atomic E-state index is 8.49. The molecule has 1 fully saturated rings. The molecule has 6 rings (SSSR count). The summed E-state index contributed by atoms with van der Waals surface area (Å²) in [5, 5.41) is 4.81. The van der Waals surface area contributed by atoms with Crippen LogP contribution in [0.15, 0.2) is 114 Å². The second-order valence-corrected chi connectivity index (χ2v) is 14.8. The first-order valence-corrected chi connectivity index (χ1v) is 17.4. The van der Waals surface area contributed by atoms with Crippen molar-refractivity contribution in [1.29, 1.82) is 0 Å². The quantitative estimate of drug-likeness (QED) is 0.257. The molecule has 0 N–H and O–H groups in total. The molecule has 4 aromatic carbocycles. The SMILES string of the molecule is Clc1ccc(-c2nc([P+](c3ccccc3)(c3ccccc3)c3ccccc3)c(N3CCCCC3)o2)c(Cl)c1.[O-][Cl+3]([O-])([O-])[O-]. The highest BCUT2D eigenvalue weighted by Crippen LogP contribution is 2.56. The van der Waals surface area contributed by atoms with Crippen molar-refractivity contribution in [2.24, 2.45) is 0 Å². The molecule has 1 saturated heterocycles. The molecule has 0 bridgehead atoms. The molecule has 222 valence electrons. The summed E-state index contributed by atoms with van der Waals surface area (Å²) in [6.45, 7) is 1.88. The van der Waals surface area contributed by atoms with Crippen LogP contribution in [0, 0.1) is 10.2 Å². The van der Waals surface area contributed by atoms with Gasteiger partial charge in [0.2, 0.25) is 5.89 Å². The average molecular weight is 658 g/mol. The molecule has 0 aliphatic carbocycles.